The largest absolute Gasteiger partial charge is 0.480 e. The summed E-state index contributed by atoms with van der Waals surface area (Å²) in [6.45, 7) is 3.72. The van der Waals surface area contributed by atoms with E-state index in [0.29, 0.717) is 25.5 Å². The minimum Gasteiger partial charge on any atom is -0.480 e. The number of urea groups is 1. The fourth-order valence-corrected chi connectivity index (χ4v) is 1.76. The summed E-state index contributed by atoms with van der Waals surface area (Å²) in [5.41, 5.74) is 0. The molecule has 2 N–H and O–H groups in total. The molecule has 116 valence electrons. The first kappa shape index (κ1) is 16.8. The molecule has 0 aliphatic heterocycles. The highest BCUT2D eigenvalue weighted by Crippen LogP contribution is 2.28. The van der Waals surface area contributed by atoms with E-state index in [4.69, 9.17) is 9.84 Å². The second-order valence-electron chi connectivity index (χ2n) is 5.42. The molecule has 0 aromatic rings. The molecule has 1 rings (SSSR count). The van der Waals surface area contributed by atoms with Gasteiger partial charge in [-0.25, -0.2) is 9.59 Å². The lowest BCUT2D eigenvalue weighted by atomic mass is 10.1. The highest BCUT2D eigenvalue weighted by atomic mass is 16.5. The first-order valence-corrected chi connectivity index (χ1v) is 7.36. The van der Waals surface area contributed by atoms with E-state index in [1.54, 1.807) is 7.05 Å². The minimum absolute atomic E-state index is 0.358. The molecule has 0 aromatic carbocycles. The molecule has 1 aliphatic rings. The molecule has 0 aromatic heterocycles. The second kappa shape index (κ2) is 8.79. The van der Waals surface area contributed by atoms with E-state index in [1.165, 1.54) is 17.7 Å². The van der Waals surface area contributed by atoms with Crippen LogP contribution in [0.25, 0.3) is 0 Å². The van der Waals surface area contributed by atoms with Crippen LogP contribution in [-0.4, -0.2) is 54.9 Å². The molecule has 2 amide bonds. The summed E-state index contributed by atoms with van der Waals surface area (Å²) < 4.78 is 5.46. The average molecular weight is 286 g/mol. The first-order chi connectivity index (χ1) is 9.54. The van der Waals surface area contributed by atoms with Crippen molar-refractivity contribution < 1.29 is 19.4 Å². The zero-order chi connectivity index (χ0) is 15.0. The molecular formula is C14H26N2O4. The number of carboxylic acid groups (broad SMARTS) is 1. The third-order valence-corrected chi connectivity index (χ3v) is 3.41. The maximum absolute atomic E-state index is 11.9. The van der Waals surface area contributed by atoms with E-state index in [9.17, 15) is 9.59 Å². The van der Waals surface area contributed by atoms with Crippen molar-refractivity contribution in [3.05, 3.63) is 0 Å². The molecule has 0 radical (unpaired) electrons. The Balaban J connectivity index is 2.20. The number of ether oxygens (including phenoxy) is 1. The molecule has 1 unspecified atom stereocenters. The lowest BCUT2D eigenvalue weighted by Crippen LogP contribution is -2.47. The lowest BCUT2D eigenvalue weighted by Gasteiger charge is -2.21. The second-order valence-corrected chi connectivity index (χ2v) is 5.42. The number of amides is 2. The van der Waals surface area contributed by atoms with E-state index in [-0.39, 0.29) is 6.03 Å². The summed E-state index contributed by atoms with van der Waals surface area (Å²) in [6.07, 6.45) is 4.64. The minimum atomic E-state index is -0.981. The van der Waals surface area contributed by atoms with Gasteiger partial charge in [0, 0.05) is 20.2 Å². The number of carbonyl (C=O) groups excluding carboxylic acids is 1. The summed E-state index contributed by atoms with van der Waals surface area (Å²) in [4.78, 5) is 24.4. The van der Waals surface area contributed by atoms with Gasteiger partial charge in [0.05, 0.1) is 6.61 Å². The fourth-order valence-electron chi connectivity index (χ4n) is 1.76. The Bertz CT molecular complexity index is 318. The van der Waals surface area contributed by atoms with E-state index >= 15 is 0 Å². The predicted molar refractivity (Wildman–Crippen MR) is 75.7 cm³/mol. The molecule has 1 aliphatic carbocycles. The van der Waals surface area contributed by atoms with Crippen molar-refractivity contribution in [2.75, 3.05) is 26.8 Å². The normalized spacial score (nSPS) is 15.7. The standard InChI is InChI=1S/C14H26N2O4/c1-3-4-5-12(13(17)18)15-14(19)16(2)8-9-20-10-11-6-7-11/h11-12H,3-10H2,1-2H3,(H,15,19)(H,17,18). The summed E-state index contributed by atoms with van der Waals surface area (Å²) in [6, 6.07) is -1.17. The summed E-state index contributed by atoms with van der Waals surface area (Å²) >= 11 is 0. The van der Waals surface area contributed by atoms with Crippen molar-refractivity contribution in [2.45, 2.75) is 45.1 Å². The number of unbranched alkanes of at least 4 members (excludes halogenated alkanes) is 1. The fraction of sp³-hybridized carbons (Fsp3) is 0.857. The molecule has 1 saturated carbocycles. The quantitative estimate of drug-likeness (QED) is 0.599. The third-order valence-electron chi connectivity index (χ3n) is 3.41. The lowest BCUT2D eigenvalue weighted by molar-refractivity contribution is -0.139. The number of hydrogen-bond acceptors (Lipinski definition) is 3. The first-order valence-electron chi connectivity index (χ1n) is 7.36. The van der Waals surface area contributed by atoms with Crippen molar-refractivity contribution in [2.24, 2.45) is 5.92 Å². The van der Waals surface area contributed by atoms with Crippen LogP contribution in [0.2, 0.25) is 0 Å². The van der Waals surface area contributed by atoms with Gasteiger partial charge >= 0.3 is 12.0 Å². The predicted octanol–water partition coefficient (Wildman–Crippen LogP) is 1.70. The van der Waals surface area contributed by atoms with Crippen LogP contribution in [0.3, 0.4) is 0 Å². The number of likely N-dealkylation sites (N-methyl/N-ethyl adjacent to an activating group) is 1. The van der Waals surface area contributed by atoms with Crippen molar-refractivity contribution in [3.8, 4) is 0 Å². The Kier molecular flexibility index (Phi) is 7.36. The van der Waals surface area contributed by atoms with Crippen molar-refractivity contribution in [1.29, 1.82) is 0 Å². The number of nitrogens with zero attached hydrogens (tertiary/aromatic N) is 1. The van der Waals surface area contributed by atoms with Gasteiger partial charge in [-0.2, -0.15) is 0 Å². The van der Waals surface area contributed by atoms with Crippen molar-refractivity contribution in [3.63, 3.8) is 0 Å². The summed E-state index contributed by atoms with van der Waals surface area (Å²) in [5.74, 6) is -0.273. The summed E-state index contributed by atoms with van der Waals surface area (Å²) in [5, 5.41) is 11.6. The van der Waals surface area contributed by atoms with E-state index in [1.807, 2.05) is 6.92 Å². The molecule has 0 bridgehead atoms. The molecule has 1 fully saturated rings. The number of aliphatic carboxylic acids is 1. The molecule has 1 atom stereocenters. The molecule has 0 spiro atoms. The summed E-state index contributed by atoms with van der Waals surface area (Å²) in [7, 11) is 1.65. The molecule has 20 heavy (non-hydrogen) atoms. The monoisotopic (exact) mass is 286 g/mol. The Hall–Kier alpha value is -1.30. The molecule has 0 heterocycles. The van der Waals surface area contributed by atoms with Crippen LogP contribution >= 0.6 is 0 Å². The Morgan fingerprint density at radius 1 is 1.45 bits per heavy atom. The Labute approximate surface area is 120 Å². The topological polar surface area (TPSA) is 78.9 Å². The zero-order valence-corrected chi connectivity index (χ0v) is 12.4. The van der Waals surface area contributed by atoms with Gasteiger partial charge in [0.25, 0.3) is 0 Å². The van der Waals surface area contributed by atoms with Crippen molar-refractivity contribution in [1.82, 2.24) is 10.2 Å². The molecule has 6 nitrogen and oxygen atoms in total. The van der Waals surface area contributed by atoms with Crippen LogP contribution in [0.1, 0.15) is 39.0 Å². The van der Waals surface area contributed by atoms with Gasteiger partial charge in [-0.05, 0) is 25.2 Å². The SMILES string of the molecule is CCCCC(NC(=O)N(C)CCOCC1CC1)C(=O)O. The number of hydrogen-bond donors (Lipinski definition) is 2. The van der Waals surface area contributed by atoms with Crippen LogP contribution in [0, 0.1) is 5.92 Å². The highest BCUT2D eigenvalue weighted by molar-refractivity contribution is 5.82. The van der Waals surface area contributed by atoms with Crippen LogP contribution < -0.4 is 5.32 Å². The third kappa shape index (κ3) is 6.75. The molecular weight excluding hydrogens is 260 g/mol. The van der Waals surface area contributed by atoms with Crippen LogP contribution in [-0.2, 0) is 9.53 Å². The number of carbonyl (C=O) groups is 2. The smallest absolute Gasteiger partial charge is 0.326 e. The Morgan fingerprint density at radius 3 is 2.70 bits per heavy atom. The van der Waals surface area contributed by atoms with Gasteiger partial charge in [0.2, 0.25) is 0 Å². The van der Waals surface area contributed by atoms with Gasteiger partial charge in [-0.1, -0.05) is 19.8 Å². The van der Waals surface area contributed by atoms with Crippen LogP contribution in [0.4, 0.5) is 4.79 Å². The highest BCUT2D eigenvalue weighted by Gasteiger charge is 2.22. The van der Waals surface area contributed by atoms with Gasteiger partial charge in [0.1, 0.15) is 6.04 Å². The number of carboxylic acids is 1. The van der Waals surface area contributed by atoms with Crippen molar-refractivity contribution >= 4 is 12.0 Å². The van der Waals surface area contributed by atoms with E-state index < -0.39 is 12.0 Å². The number of rotatable bonds is 10. The average Bonchev–Trinajstić information content (AvgIpc) is 3.22. The van der Waals surface area contributed by atoms with Gasteiger partial charge in [0.15, 0.2) is 0 Å². The van der Waals surface area contributed by atoms with Crippen LogP contribution in [0.15, 0.2) is 0 Å². The van der Waals surface area contributed by atoms with Gasteiger partial charge in [-0.15, -0.1) is 0 Å². The maximum atomic E-state index is 11.9. The zero-order valence-electron chi connectivity index (χ0n) is 12.4. The molecule has 6 heteroatoms. The van der Waals surface area contributed by atoms with E-state index in [2.05, 4.69) is 5.32 Å². The van der Waals surface area contributed by atoms with Gasteiger partial charge in [-0.3, -0.25) is 0 Å². The Morgan fingerprint density at radius 2 is 2.15 bits per heavy atom. The maximum Gasteiger partial charge on any atom is 0.326 e. The van der Waals surface area contributed by atoms with Crippen LogP contribution in [0.5, 0.6) is 0 Å². The number of nitrogens with one attached hydrogen (secondary N) is 1. The van der Waals surface area contributed by atoms with Gasteiger partial charge < -0.3 is 20.1 Å². The van der Waals surface area contributed by atoms with E-state index in [0.717, 1.165) is 19.4 Å². The molecule has 0 saturated heterocycles.